The Balaban J connectivity index is 2.08. The number of hydrogen-bond donors (Lipinski definition) is 2. The first-order valence-corrected chi connectivity index (χ1v) is 6.48. The highest BCUT2D eigenvalue weighted by Gasteiger charge is 2.19. The highest BCUT2D eigenvalue weighted by Crippen LogP contribution is 2.17. The third kappa shape index (κ3) is 6.00. The zero-order valence-corrected chi connectivity index (χ0v) is 11.1. The fourth-order valence-electron chi connectivity index (χ4n) is 2.44. The van der Waals surface area contributed by atoms with Gasteiger partial charge in [0.15, 0.2) is 0 Å². The van der Waals surface area contributed by atoms with E-state index >= 15 is 0 Å². The van der Waals surface area contributed by atoms with Crippen molar-refractivity contribution in [1.29, 1.82) is 0 Å². The van der Waals surface area contributed by atoms with Crippen molar-refractivity contribution in [2.75, 3.05) is 40.3 Å². The number of carbonyl (C=O) groups is 1. The molecule has 5 nitrogen and oxygen atoms in total. The largest absolute Gasteiger partial charge is 0.309 e. The van der Waals surface area contributed by atoms with Gasteiger partial charge in [-0.1, -0.05) is 0 Å². The SMILES string of the molecule is CN(C)CC1CCN(CCCC(=O)NN)CC1. The van der Waals surface area contributed by atoms with Gasteiger partial charge in [-0.3, -0.25) is 10.2 Å². The van der Waals surface area contributed by atoms with Crippen LogP contribution in [0.25, 0.3) is 0 Å². The Morgan fingerprint density at radius 3 is 2.59 bits per heavy atom. The minimum Gasteiger partial charge on any atom is -0.309 e. The van der Waals surface area contributed by atoms with E-state index in [0.29, 0.717) is 6.42 Å². The van der Waals surface area contributed by atoms with Crippen molar-refractivity contribution in [3.63, 3.8) is 0 Å². The lowest BCUT2D eigenvalue weighted by molar-refractivity contribution is -0.121. The van der Waals surface area contributed by atoms with Crippen LogP contribution in [-0.4, -0.2) is 56.0 Å². The zero-order chi connectivity index (χ0) is 12.7. The maximum atomic E-state index is 11.0. The molecule has 0 aromatic rings. The Bertz CT molecular complexity index is 225. The van der Waals surface area contributed by atoms with Crippen LogP contribution in [0.2, 0.25) is 0 Å². The van der Waals surface area contributed by atoms with Gasteiger partial charge in [-0.2, -0.15) is 0 Å². The molecule has 5 heteroatoms. The fraction of sp³-hybridized carbons (Fsp3) is 0.917. The maximum Gasteiger partial charge on any atom is 0.233 e. The zero-order valence-electron chi connectivity index (χ0n) is 11.1. The molecular weight excluding hydrogens is 216 g/mol. The van der Waals surface area contributed by atoms with Crippen LogP contribution in [-0.2, 0) is 4.79 Å². The second kappa shape index (κ2) is 7.63. The summed E-state index contributed by atoms with van der Waals surface area (Å²) in [7, 11) is 4.27. The molecule has 0 saturated carbocycles. The lowest BCUT2D eigenvalue weighted by atomic mass is 9.96. The number of rotatable bonds is 6. The van der Waals surface area contributed by atoms with Crippen molar-refractivity contribution in [3.05, 3.63) is 0 Å². The number of hydrogen-bond acceptors (Lipinski definition) is 4. The third-order valence-corrected chi connectivity index (χ3v) is 3.37. The summed E-state index contributed by atoms with van der Waals surface area (Å²) in [5, 5.41) is 0. The van der Waals surface area contributed by atoms with E-state index in [1.807, 2.05) is 0 Å². The molecular formula is C12H26N4O. The number of likely N-dealkylation sites (tertiary alicyclic amines) is 1. The Kier molecular flexibility index (Phi) is 6.47. The lowest BCUT2D eigenvalue weighted by Gasteiger charge is -2.33. The minimum atomic E-state index is -0.0625. The number of carbonyl (C=O) groups excluding carboxylic acids is 1. The van der Waals surface area contributed by atoms with E-state index in [4.69, 9.17) is 5.84 Å². The van der Waals surface area contributed by atoms with E-state index < -0.39 is 0 Å². The summed E-state index contributed by atoms with van der Waals surface area (Å²) in [4.78, 5) is 15.7. The Morgan fingerprint density at radius 2 is 2.06 bits per heavy atom. The van der Waals surface area contributed by atoms with Crippen LogP contribution in [0, 0.1) is 5.92 Å². The summed E-state index contributed by atoms with van der Waals surface area (Å²) in [5.41, 5.74) is 2.17. The molecule has 0 spiro atoms. The summed E-state index contributed by atoms with van der Waals surface area (Å²) in [5.74, 6) is 5.82. The van der Waals surface area contributed by atoms with Crippen molar-refractivity contribution in [1.82, 2.24) is 15.2 Å². The van der Waals surface area contributed by atoms with E-state index in [2.05, 4.69) is 29.3 Å². The first kappa shape index (κ1) is 14.4. The Morgan fingerprint density at radius 1 is 1.41 bits per heavy atom. The van der Waals surface area contributed by atoms with Crippen molar-refractivity contribution < 1.29 is 4.79 Å². The Hall–Kier alpha value is -0.650. The number of nitrogens with one attached hydrogen (secondary N) is 1. The van der Waals surface area contributed by atoms with Gasteiger partial charge in [0.1, 0.15) is 0 Å². The normalized spacial score (nSPS) is 18.6. The molecule has 3 N–H and O–H groups in total. The molecule has 0 aliphatic carbocycles. The van der Waals surface area contributed by atoms with Crippen LogP contribution in [0.5, 0.6) is 0 Å². The molecule has 0 unspecified atom stereocenters. The molecule has 100 valence electrons. The van der Waals surface area contributed by atoms with Crippen molar-refractivity contribution >= 4 is 5.91 Å². The first-order chi connectivity index (χ1) is 8.11. The van der Waals surface area contributed by atoms with E-state index in [9.17, 15) is 4.79 Å². The quantitative estimate of drug-likeness (QED) is 0.392. The van der Waals surface area contributed by atoms with Crippen molar-refractivity contribution in [3.8, 4) is 0 Å². The monoisotopic (exact) mass is 242 g/mol. The van der Waals surface area contributed by atoms with Crippen LogP contribution in [0.15, 0.2) is 0 Å². The molecule has 1 amide bonds. The van der Waals surface area contributed by atoms with E-state index in [1.54, 1.807) is 0 Å². The number of nitrogens with two attached hydrogens (primary N) is 1. The van der Waals surface area contributed by atoms with Crippen LogP contribution >= 0.6 is 0 Å². The standard InChI is InChI=1S/C12H26N4O/c1-15(2)10-11-5-8-16(9-6-11)7-3-4-12(17)14-13/h11H,3-10,13H2,1-2H3,(H,14,17). The topological polar surface area (TPSA) is 61.6 Å². The van der Waals surface area contributed by atoms with Crippen LogP contribution in [0.3, 0.4) is 0 Å². The summed E-state index contributed by atoms with van der Waals surface area (Å²) in [6, 6.07) is 0. The third-order valence-electron chi connectivity index (χ3n) is 3.37. The minimum absolute atomic E-state index is 0.0625. The van der Waals surface area contributed by atoms with Gasteiger partial charge in [-0.05, 0) is 58.9 Å². The lowest BCUT2D eigenvalue weighted by Crippen LogP contribution is -2.38. The number of piperidine rings is 1. The highest BCUT2D eigenvalue weighted by atomic mass is 16.2. The molecule has 1 aliphatic rings. The fourth-order valence-corrected chi connectivity index (χ4v) is 2.44. The first-order valence-electron chi connectivity index (χ1n) is 6.48. The second-order valence-corrected chi connectivity index (χ2v) is 5.22. The molecule has 1 rings (SSSR count). The molecule has 1 fully saturated rings. The molecule has 0 aromatic carbocycles. The van der Waals surface area contributed by atoms with Crippen LogP contribution in [0.1, 0.15) is 25.7 Å². The molecule has 0 radical (unpaired) electrons. The summed E-state index contributed by atoms with van der Waals surface area (Å²) >= 11 is 0. The van der Waals surface area contributed by atoms with Crippen LogP contribution in [0.4, 0.5) is 0 Å². The smallest absolute Gasteiger partial charge is 0.233 e. The summed E-state index contributed by atoms with van der Waals surface area (Å²) in [6.07, 6.45) is 4.00. The van der Waals surface area contributed by atoms with Gasteiger partial charge >= 0.3 is 0 Å². The molecule has 0 bridgehead atoms. The van der Waals surface area contributed by atoms with Crippen LogP contribution < -0.4 is 11.3 Å². The van der Waals surface area contributed by atoms with Gasteiger partial charge in [0, 0.05) is 13.0 Å². The average Bonchev–Trinajstić information content (AvgIpc) is 2.30. The van der Waals surface area contributed by atoms with Gasteiger partial charge in [0.2, 0.25) is 5.91 Å². The van der Waals surface area contributed by atoms with Crippen molar-refractivity contribution in [2.24, 2.45) is 11.8 Å². The summed E-state index contributed by atoms with van der Waals surface area (Å²) < 4.78 is 0. The number of hydrazine groups is 1. The molecule has 0 atom stereocenters. The molecule has 0 aromatic heterocycles. The molecule has 1 heterocycles. The predicted molar refractivity (Wildman–Crippen MR) is 69.3 cm³/mol. The Labute approximate surface area is 104 Å². The van der Waals surface area contributed by atoms with Gasteiger partial charge in [-0.15, -0.1) is 0 Å². The molecule has 1 aliphatic heterocycles. The number of amides is 1. The van der Waals surface area contributed by atoms with Gasteiger partial charge in [0.25, 0.3) is 0 Å². The van der Waals surface area contributed by atoms with Crippen molar-refractivity contribution in [2.45, 2.75) is 25.7 Å². The number of nitrogens with zero attached hydrogens (tertiary/aromatic N) is 2. The van der Waals surface area contributed by atoms with Gasteiger partial charge < -0.3 is 9.80 Å². The maximum absolute atomic E-state index is 11.0. The molecule has 17 heavy (non-hydrogen) atoms. The predicted octanol–water partition coefficient (Wildman–Crippen LogP) is 0.0301. The second-order valence-electron chi connectivity index (χ2n) is 5.22. The van der Waals surface area contributed by atoms with E-state index in [1.165, 1.54) is 32.5 Å². The van der Waals surface area contributed by atoms with E-state index in [-0.39, 0.29) is 5.91 Å². The van der Waals surface area contributed by atoms with E-state index in [0.717, 1.165) is 18.9 Å². The average molecular weight is 242 g/mol. The highest BCUT2D eigenvalue weighted by molar-refractivity contribution is 5.75. The van der Waals surface area contributed by atoms with Gasteiger partial charge in [0.05, 0.1) is 0 Å². The van der Waals surface area contributed by atoms with Gasteiger partial charge in [-0.25, -0.2) is 5.84 Å². The molecule has 1 saturated heterocycles. The summed E-state index contributed by atoms with van der Waals surface area (Å²) in [6.45, 7) is 4.55.